The summed E-state index contributed by atoms with van der Waals surface area (Å²) in [5, 5.41) is 6.66. The maximum atomic E-state index is 13.0. The van der Waals surface area contributed by atoms with Crippen molar-refractivity contribution in [2.24, 2.45) is 0 Å². The Balaban J connectivity index is 1.65. The lowest BCUT2D eigenvalue weighted by Gasteiger charge is -2.43. The van der Waals surface area contributed by atoms with Crippen molar-refractivity contribution in [1.29, 1.82) is 0 Å². The van der Waals surface area contributed by atoms with Crippen LogP contribution in [0.4, 0.5) is 18.0 Å². The monoisotopic (exact) mass is 358 g/mol. The van der Waals surface area contributed by atoms with Gasteiger partial charge >= 0.3 is 12.2 Å². The zero-order valence-electron chi connectivity index (χ0n) is 13.6. The highest BCUT2D eigenvalue weighted by atomic mass is 19.4. The minimum absolute atomic E-state index is 0.0172. The summed E-state index contributed by atoms with van der Waals surface area (Å²) < 4.78 is 45.4. The number of hydrogen-bond donors (Lipinski definition) is 1. The molecule has 0 aromatic carbocycles. The summed E-state index contributed by atoms with van der Waals surface area (Å²) >= 11 is 0. The molecule has 0 spiro atoms. The number of alkyl halides is 3. The van der Waals surface area contributed by atoms with E-state index in [-0.39, 0.29) is 13.1 Å². The highest BCUT2D eigenvalue weighted by Crippen LogP contribution is 2.31. The molecule has 1 aliphatic heterocycles. The molecule has 1 unspecified atom stereocenters. The molecule has 11 heteroatoms. The van der Waals surface area contributed by atoms with Crippen LogP contribution in [0.15, 0.2) is 18.5 Å². The smallest absolute Gasteiger partial charge is 0.359 e. The van der Waals surface area contributed by atoms with Crippen molar-refractivity contribution in [2.45, 2.75) is 38.3 Å². The quantitative estimate of drug-likeness (QED) is 0.877. The maximum absolute atomic E-state index is 13.0. The van der Waals surface area contributed by atoms with E-state index in [9.17, 15) is 18.0 Å². The Morgan fingerprint density at radius 1 is 1.48 bits per heavy atom. The fraction of sp³-hybridized carbons (Fsp3) is 0.571. The van der Waals surface area contributed by atoms with Crippen LogP contribution in [0.25, 0.3) is 5.78 Å². The molecule has 0 saturated carbocycles. The van der Waals surface area contributed by atoms with Crippen LogP contribution in [-0.2, 0) is 11.3 Å². The van der Waals surface area contributed by atoms with Gasteiger partial charge in [0.05, 0.1) is 25.2 Å². The lowest BCUT2D eigenvalue weighted by molar-refractivity contribution is -0.267. The Morgan fingerprint density at radius 3 is 2.92 bits per heavy atom. The van der Waals surface area contributed by atoms with Gasteiger partial charge in [0.15, 0.2) is 11.9 Å². The lowest BCUT2D eigenvalue weighted by Crippen LogP contribution is -2.60. The number of aromatic nitrogens is 4. The summed E-state index contributed by atoms with van der Waals surface area (Å²) in [7, 11) is 0. The van der Waals surface area contributed by atoms with Crippen LogP contribution in [0.2, 0.25) is 0 Å². The number of morpholine rings is 1. The number of urea groups is 1. The second-order valence-corrected chi connectivity index (χ2v) is 6.34. The van der Waals surface area contributed by atoms with Crippen LogP contribution in [0, 0.1) is 0 Å². The van der Waals surface area contributed by atoms with Gasteiger partial charge in [-0.2, -0.15) is 18.2 Å². The zero-order valence-corrected chi connectivity index (χ0v) is 13.6. The molecule has 1 atom stereocenters. The fourth-order valence-corrected chi connectivity index (χ4v) is 2.63. The first-order valence-corrected chi connectivity index (χ1v) is 7.58. The molecule has 136 valence electrons. The van der Waals surface area contributed by atoms with E-state index in [1.54, 1.807) is 18.5 Å². The van der Waals surface area contributed by atoms with Crippen LogP contribution in [0.3, 0.4) is 0 Å². The molecule has 1 fully saturated rings. The van der Waals surface area contributed by atoms with Gasteiger partial charge in [0.1, 0.15) is 0 Å². The molecule has 0 bridgehead atoms. The number of rotatable bonds is 2. The third-order valence-corrected chi connectivity index (χ3v) is 3.63. The highest BCUT2D eigenvalue weighted by molar-refractivity contribution is 5.74. The highest BCUT2D eigenvalue weighted by Gasteiger charge is 2.49. The second kappa shape index (κ2) is 6.14. The summed E-state index contributed by atoms with van der Waals surface area (Å²) in [6.45, 7) is 2.50. The molecular weight excluding hydrogens is 341 g/mol. The SMILES string of the molecule is CC1(C)CN(C(=O)NCc2nc3ncccn3n2)CC(C(F)(F)F)O1. The zero-order chi connectivity index (χ0) is 18.2. The van der Waals surface area contributed by atoms with E-state index in [1.807, 2.05) is 0 Å². The number of carbonyl (C=O) groups excluding carboxylic acids is 1. The van der Waals surface area contributed by atoms with E-state index in [2.05, 4.69) is 20.4 Å². The van der Waals surface area contributed by atoms with Crippen LogP contribution in [0.5, 0.6) is 0 Å². The molecule has 8 nitrogen and oxygen atoms in total. The Bertz CT molecular complexity index is 742. The first-order valence-electron chi connectivity index (χ1n) is 7.58. The van der Waals surface area contributed by atoms with Gasteiger partial charge in [-0.3, -0.25) is 0 Å². The largest absolute Gasteiger partial charge is 0.416 e. The predicted octanol–water partition coefficient (Wildman–Crippen LogP) is 1.38. The van der Waals surface area contributed by atoms with Gasteiger partial charge in [-0.05, 0) is 19.9 Å². The Morgan fingerprint density at radius 2 is 2.24 bits per heavy atom. The van der Waals surface area contributed by atoms with Crippen LogP contribution >= 0.6 is 0 Å². The van der Waals surface area contributed by atoms with E-state index in [4.69, 9.17) is 4.74 Å². The molecule has 3 rings (SSSR count). The maximum Gasteiger partial charge on any atom is 0.416 e. The average molecular weight is 358 g/mol. The van der Waals surface area contributed by atoms with E-state index in [0.717, 1.165) is 4.90 Å². The first kappa shape index (κ1) is 17.4. The van der Waals surface area contributed by atoms with E-state index in [1.165, 1.54) is 18.4 Å². The number of ether oxygens (including phenoxy) is 1. The van der Waals surface area contributed by atoms with Crippen molar-refractivity contribution < 1.29 is 22.7 Å². The number of nitrogens with one attached hydrogen (secondary N) is 1. The minimum Gasteiger partial charge on any atom is -0.359 e. The van der Waals surface area contributed by atoms with Gasteiger partial charge in [0, 0.05) is 12.4 Å². The first-order chi connectivity index (χ1) is 11.6. The normalized spacial score (nSPS) is 20.7. The van der Waals surface area contributed by atoms with Crippen molar-refractivity contribution in [3.05, 3.63) is 24.3 Å². The Hall–Kier alpha value is -2.43. The Kier molecular flexibility index (Phi) is 4.27. The van der Waals surface area contributed by atoms with Gasteiger partial charge in [-0.15, -0.1) is 5.10 Å². The van der Waals surface area contributed by atoms with Gasteiger partial charge in [-0.25, -0.2) is 14.3 Å². The molecule has 1 aliphatic rings. The molecule has 1 saturated heterocycles. The number of nitrogens with zero attached hydrogens (tertiary/aromatic N) is 5. The third kappa shape index (κ3) is 3.98. The summed E-state index contributed by atoms with van der Waals surface area (Å²) in [6, 6.07) is 1.05. The molecule has 3 heterocycles. The van der Waals surface area contributed by atoms with Crippen molar-refractivity contribution in [2.75, 3.05) is 13.1 Å². The lowest BCUT2D eigenvalue weighted by atomic mass is 10.1. The Labute approximate surface area is 141 Å². The number of hydrogen-bond acceptors (Lipinski definition) is 5. The van der Waals surface area contributed by atoms with Crippen LogP contribution < -0.4 is 5.32 Å². The minimum atomic E-state index is -4.54. The van der Waals surface area contributed by atoms with E-state index in [0.29, 0.717) is 11.6 Å². The molecule has 2 aromatic rings. The van der Waals surface area contributed by atoms with Crippen LogP contribution in [-0.4, -0.2) is 61.5 Å². The summed E-state index contributed by atoms with van der Waals surface area (Å²) in [5.41, 5.74) is -1.10. The van der Waals surface area contributed by atoms with E-state index < -0.39 is 30.5 Å². The van der Waals surface area contributed by atoms with Crippen molar-refractivity contribution in [1.82, 2.24) is 29.8 Å². The number of fused-ring (bicyclic) bond motifs is 1. The van der Waals surface area contributed by atoms with Crippen molar-refractivity contribution >= 4 is 11.8 Å². The van der Waals surface area contributed by atoms with Gasteiger partial charge < -0.3 is 15.0 Å². The number of halogens is 3. The molecule has 0 radical (unpaired) electrons. The average Bonchev–Trinajstić information content (AvgIpc) is 2.93. The van der Waals surface area contributed by atoms with Gasteiger partial charge in [-0.1, -0.05) is 0 Å². The van der Waals surface area contributed by atoms with Crippen molar-refractivity contribution in [3.63, 3.8) is 0 Å². The molecule has 1 N–H and O–H groups in total. The summed E-state index contributed by atoms with van der Waals surface area (Å²) in [6.07, 6.45) is -3.34. The molecule has 2 aromatic heterocycles. The fourth-order valence-electron chi connectivity index (χ4n) is 2.63. The topological polar surface area (TPSA) is 84.7 Å². The summed E-state index contributed by atoms with van der Waals surface area (Å²) in [5.74, 6) is 0.684. The molecule has 0 aliphatic carbocycles. The third-order valence-electron chi connectivity index (χ3n) is 3.63. The summed E-state index contributed by atoms with van der Waals surface area (Å²) in [4.78, 5) is 21.5. The van der Waals surface area contributed by atoms with Crippen molar-refractivity contribution in [3.8, 4) is 0 Å². The van der Waals surface area contributed by atoms with Crippen LogP contribution in [0.1, 0.15) is 19.7 Å². The van der Waals surface area contributed by atoms with Gasteiger partial charge in [0.2, 0.25) is 0 Å². The second-order valence-electron chi connectivity index (χ2n) is 6.34. The molecular formula is C14H17F3N6O2. The molecule has 2 amide bonds. The molecule has 25 heavy (non-hydrogen) atoms. The predicted molar refractivity (Wildman–Crippen MR) is 79.6 cm³/mol. The van der Waals surface area contributed by atoms with E-state index >= 15 is 0 Å². The number of carbonyl (C=O) groups is 1. The standard InChI is InChI=1S/C14H17F3N6O2/c1-13(2)8-22(7-9(25-13)14(15,16)17)12(24)19-6-10-20-11-18-4-3-5-23(11)21-10/h3-5,9H,6-8H2,1-2H3,(H,19,24). The van der Waals surface area contributed by atoms with Gasteiger partial charge in [0.25, 0.3) is 5.78 Å². The number of amides is 2.